The van der Waals surface area contributed by atoms with E-state index in [9.17, 15) is 10.1 Å². The maximum atomic E-state index is 10.4. The van der Waals surface area contributed by atoms with Crippen molar-refractivity contribution in [3.8, 4) is 11.4 Å². The number of anilines is 1. The van der Waals surface area contributed by atoms with Crippen LogP contribution < -0.4 is 5.73 Å². The summed E-state index contributed by atoms with van der Waals surface area (Å²) in [6, 6.07) is 2.91. The summed E-state index contributed by atoms with van der Waals surface area (Å²) in [5.41, 5.74) is 6.53. The van der Waals surface area contributed by atoms with Crippen LogP contribution in [0.25, 0.3) is 11.4 Å². The molecule has 2 rings (SSSR count). The molecule has 2 heterocycles. The molecular weight excluding hydrogens is 198 g/mol. The maximum Gasteiger partial charge on any atom is 0.287 e. The fraction of sp³-hybridized carbons (Fsp3) is 0. The number of aromatic nitrogens is 3. The zero-order chi connectivity index (χ0) is 10.8. The van der Waals surface area contributed by atoms with Crippen LogP contribution in [0.1, 0.15) is 0 Å². The Balaban J connectivity index is 2.35. The third kappa shape index (κ3) is 1.75. The molecule has 7 nitrogen and oxygen atoms in total. The fourth-order valence-corrected chi connectivity index (χ4v) is 1.12. The fourth-order valence-electron chi connectivity index (χ4n) is 1.12. The predicted octanol–water partition coefficient (Wildman–Crippen LogP) is 0.962. The number of imidazole rings is 1. The van der Waals surface area contributed by atoms with E-state index < -0.39 is 4.92 Å². The molecule has 3 N–H and O–H groups in total. The lowest BCUT2D eigenvalue weighted by Crippen LogP contribution is -1.90. The van der Waals surface area contributed by atoms with E-state index in [1.54, 1.807) is 0 Å². The Morgan fingerprint density at radius 2 is 2.13 bits per heavy atom. The molecule has 0 spiro atoms. The normalized spacial score (nSPS) is 10.1. The first-order valence-corrected chi connectivity index (χ1v) is 4.08. The second kappa shape index (κ2) is 3.37. The van der Waals surface area contributed by atoms with Gasteiger partial charge in [-0.1, -0.05) is 0 Å². The quantitative estimate of drug-likeness (QED) is 0.560. The number of pyridine rings is 1. The minimum Gasteiger partial charge on any atom is -0.369 e. The average Bonchev–Trinajstić information content (AvgIpc) is 2.65. The highest BCUT2D eigenvalue weighted by atomic mass is 16.6. The number of nitrogens with two attached hydrogens (primary N) is 1. The van der Waals surface area contributed by atoms with Gasteiger partial charge in [-0.25, -0.2) is 9.97 Å². The van der Waals surface area contributed by atoms with Gasteiger partial charge >= 0.3 is 0 Å². The first kappa shape index (κ1) is 9.13. The number of aromatic amines is 1. The van der Waals surface area contributed by atoms with Crippen LogP contribution in [0.15, 0.2) is 24.5 Å². The number of hydrogen-bond donors (Lipinski definition) is 2. The molecule has 2 aromatic heterocycles. The molecule has 0 amide bonds. The summed E-state index contributed by atoms with van der Waals surface area (Å²) in [5, 5.41) is 10.4. The van der Waals surface area contributed by atoms with Gasteiger partial charge in [0.25, 0.3) is 5.69 Å². The molecule has 0 bridgehead atoms. The largest absolute Gasteiger partial charge is 0.369 e. The lowest BCUT2D eigenvalue weighted by Gasteiger charge is -1.95. The monoisotopic (exact) mass is 205 g/mol. The van der Waals surface area contributed by atoms with E-state index in [0.29, 0.717) is 11.4 Å². The smallest absolute Gasteiger partial charge is 0.287 e. The van der Waals surface area contributed by atoms with E-state index in [0.717, 1.165) is 0 Å². The molecule has 0 saturated heterocycles. The Bertz CT molecular complexity index is 490. The molecule has 0 fully saturated rings. The Morgan fingerprint density at radius 3 is 2.60 bits per heavy atom. The number of H-pyrrole nitrogens is 1. The van der Waals surface area contributed by atoms with Crippen molar-refractivity contribution in [3.63, 3.8) is 0 Å². The van der Waals surface area contributed by atoms with Crippen molar-refractivity contribution >= 4 is 11.6 Å². The summed E-state index contributed by atoms with van der Waals surface area (Å²) in [7, 11) is 0. The number of nitrogen functional groups attached to an aromatic ring is 1. The number of nitrogens with zero attached hydrogens (tertiary/aromatic N) is 3. The molecule has 0 unspecified atom stereocenters. The lowest BCUT2D eigenvalue weighted by atomic mass is 10.3. The molecule has 0 aliphatic heterocycles. The highest BCUT2D eigenvalue weighted by Gasteiger charge is 2.07. The summed E-state index contributed by atoms with van der Waals surface area (Å²) in [5.74, 6) is 0.283. The standard InChI is InChI=1S/C8H7N5O2/c9-8-11-4-7(12-8)6-2-1-5(3-10-6)13(14)15/h1-4H,(H3,9,11,12). The minimum atomic E-state index is -0.502. The zero-order valence-corrected chi connectivity index (χ0v) is 7.54. The van der Waals surface area contributed by atoms with Gasteiger partial charge in [-0.3, -0.25) is 10.1 Å². The van der Waals surface area contributed by atoms with Crippen molar-refractivity contribution in [1.29, 1.82) is 0 Å². The Hall–Kier alpha value is -2.44. The lowest BCUT2D eigenvalue weighted by molar-refractivity contribution is -0.385. The Kier molecular flexibility index (Phi) is 2.05. The zero-order valence-electron chi connectivity index (χ0n) is 7.54. The summed E-state index contributed by atoms with van der Waals surface area (Å²) in [6.45, 7) is 0. The molecule has 0 aromatic carbocycles. The predicted molar refractivity (Wildman–Crippen MR) is 52.9 cm³/mol. The Labute approximate surface area is 84.1 Å². The summed E-state index contributed by atoms with van der Waals surface area (Å²) in [6.07, 6.45) is 2.70. The number of hydrogen-bond acceptors (Lipinski definition) is 5. The van der Waals surface area contributed by atoms with Gasteiger partial charge in [0.2, 0.25) is 0 Å². The third-order valence-corrected chi connectivity index (χ3v) is 1.83. The van der Waals surface area contributed by atoms with Crippen LogP contribution in [0.2, 0.25) is 0 Å². The summed E-state index contributed by atoms with van der Waals surface area (Å²) in [4.78, 5) is 20.4. The maximum absolute atomic E-state index is 10.4. The van der Waals surface area contributed by atoms with Crippen LogP contribution in [0.3, 0.4) is 0 Å². The van der Waals surface area contributed by atoms with Crippen molar-refractivity contribution in [2.45, 2.75) is 0 Å². The molecule has 0 aliphatic carbocycles. The van der Waals surface area contributed by atoms with Crippen molar-refractivity contribution in [1.82, 2.24) is 15.0 Å². The van der Waals surface area contributed by atoms with Crippen LogP contribution in [0.4, 0.5) is 11.6 Å². The molecule has 7 heteroatoms. The summed E-state index contributed by atoms with van der Waals surface area (Å²) >= 11 is 0. The second-order valence-electron chi connectivity index (χ2n) is 2.84. The van der Waals surface area contributed by atoms with E-state index >= 15 is 0 Å². The number of nitro groups is 1. The van der Waals surface area contributed by atoms with Gasteiger partial charge in [0.15, 0.2) is 5.95 Å². The van der Waals surface area contributed by atoms with Crippen molar-refractivity contribution < 1.29 is 4.92 Å². The van der Waals surface area contributed by atoms with Gasteiger partial charge in [-0.15, -0.1) is 0 Å². The molecule has 2 aromatic rings. The van der Waals surface area contributed by atoms with Gasteiger partial charge in [0.1, 0.15) is 6.20 Å². The Morgan fingerprint density at radius 1 is 1.33 bits per heavy atom. The first-order chi connectivity index (χ1) is 7.16. The molecule has 0 radical (unpaired) electrons. The molecular formula is C8H7N5O2. The van der Waals surface area contributed by atoms with E-state index in [1.807, 2.05) is 0 Å². The molecule has 0 saturated carbocycles. The minimum absolute atomic E-state index is 0.0498. The van der Waals surface area contributed by atoms with Crippen molar-refractivity contribution in [2.75, 3.05) is 5.73 Å². The van der Waals surface area contributed by atoms with Gasteiger partial charge < -0.3 is 10.7 Å². The molecule has 15 heavy (non-hydrogen) atoms. The van der Waals surface area contributed by atoms with Gasteiger partial charge in [0.05, 0.1) is 22.5 Å². The third-order valence-electron chi connectivity index (χ3n) is 1.83. The van der Waals surface area contributed by atoms with Crippen LogP contribution in [-0.2, 0) is 0 Å². The number of nitrogens with one attached hydrogen (secondary N) is 1. The van der Waals surface area contributed by atoms with Gasteiger partial charge in [-0.2, -0.15) is 0 Å². The van der Waals surface area contributed by atoms with E-state index in [2.05, 4.69) is 15.0 Å². The van der Waals surface area contributed by atoms with Gasteiger partial charge in [0, 0.05) is 6.07 Å². The van der Waals surface area contributed by atoms with Crippen molar-refractivity contribution in [3.05, 3.63) is 34.6 Å². The molecule has 76 valence electrons. The van der Waals surface area contributed by atoms with Gasteiger partial charge in [-0.05, 0) is 6.07 Å². The van der Waals surface area contributed by atoms with E-state index in [-0.39, 0.29) is 11.6 Å². The number of rotatable bonds is 2. The SMILES string of the molecule is Nc1ncc(-c2ccc([N+](=O)[O-])cn2)[nH]1. The van der Waals surface area contributed by atoms with Crippen LogP contribution >= 0.6 is 0 Å². The average molecular weight is 205 g/mol. The van der Waals surface area contributed by atoms with Crippen molar-refractivity contribution in [2.24, 2.45) is 0 Å². The second-order valence-corrected chi connectivity index (χ2v) is 2.84. The highest BCUT2D eigenvalue weighted by Crippen LogP contribution is 2.17. The summed E-state index contributed by atoms with van der Waals surface area (Å²) < 4.78 is 0. The molecule has 0 aliphatic rings. The van der Waals surface area contributed by atoms with E-state index in [1.165, 1.54) is 24.5 Å². The first-order valence-electron chi connectivity index (χ1n) is 4.08. The highest BCUT2D eigenvalue weighted by molar-refractivity contribution is 5.56. The van der Waals surface area contributed by atoms with Crippen LogP contribution in [-0.4, -0.2) is 19.9 Å². The van der Waals surface area contributed by atoms with E-state index in [4.69, 9.17) is 5.73 Å². The van der Waals surface area contributed by atoms with Crippen LogP contribution in [0.5, 0.6) is 0 Å². The topological polar surface area (TPSA) is 111 Å². The molecule has 0 atom stereocenters. The van der Waals surface area contributed by atoms with Crippen LogP contribution in [0, 0.1) is 10.1 Å².